The summed E-state index contributed by atoms with van der Waals surface area (Å²) in [5.41, 5.74) is 0.985. The molecule has 0 aliphatic rings. The molecule has 3 nitrogen and oxygen atoms in total. The van der Waals surface area contributed by atoms with Crippen LogP contribution in [-0.4, -0.2) is 22.2 Å². The van der Waals surface area contributed by atoms with Gasteiger partial charge in [-0.2, -0.15) is 0 Å². The fraction of sp³-hybridized carbons (Fsp3) is 0.200. The molecule has 0 fully saturated rings. The normalized spacial score (nSPS) is 10.0. The number of Topliss-reactive ketones (excluding diaryl/α,β-unsaturated/α-hetero) is 1. The van der Waals surface area contributed by atoms with Gasteiger partial charge in [0.2, 0.25) is 0 Å². The Morgan fingerprint density at radius 2 is 2.00 bits per heavy atom. The number of hydrogen-bond donors (Lipinski definition) is 1. The van der Waals surface area contributed by atoms with Gasteiger partial charge in [0.1, 0.15) is 0 Å². The number of alkyl halides is 1. The summed E-state index contributed by atoms with van der Waals surface area (Å²) < 4.78 is 0.768. The fourth-order valence-corrected chi connectivity index (χ4v) is 1.93. The molecule has 0 amide bonds. The maximum Gasteiger partial charge on any atom is 0.307 e. The van der Waals surface area contributed by atoms with Crippen LogP contribution in [0.1, 0.15) is 15.9 Å². The summed E-state index contributed by atoms with van der Waals surface area (Å²) in [6.45, 7) is 0. The first kappa shape index (κ1) is 12.4. The van der Waals surface area contributed by atoms with Crippen LogP contribution in [-0.2, 0) is 11.2 Å². The third kappa shape index (κ3) is 3.43. The minimum atomic E-state index is -0.947. The van der Waals surface area contributed by atoms with Crippen LogP contribution in [0.2, 0.25) is 0 Å². The van der Waals surface area contributed by atoms with Gasteiger partial charge in [0.15, 0.2) is 5.78 Å². The predicted octanol–water partition coefficient (Wildman–Crippen LogP) is 2.65. The highest BCUT2D eigenvalue weighted by molar-refractivity contribution is 9.10. The number of rotatable bonds is 4. The van der Waals surface area contributed by atoms with Crippen LogP contribution < -0.4 is 0 Å². The van der Waals surface area contributed by atoms with Crippen LogP contribution in [0.5, 0.6) is 0 Å². The number of aliphatic carboxylic acids is 1. The topological polar surface area (TPSA) is 54.4 Å². The van der Waals surface area contributed by atoms with Crippen molar-refractivity contribution in [2.45, 2.75) is 6.42 Å². The molecule has 1 N–H and O–H groups in total. The molecule has 0 radical (unpaired) electrons. The summed E-state index contributed by atoms with van der Waals surface area (Å²) >= 11 is 6.30. The second kappa shape index (κ2) is 5.42. The lowest BCUT2D eigenvalue weighted by atomic mass is 10.0. The van der Waals surface area contributed by atoms with E-state index in [0.717, 1.165) is 4.47 Å². The van der Waals surface area contributed by atoms with E-state index in [1.165, 1.54) is 0 Å². The lowest BCUT2D eigenvalue weighted by Gasteiger charge is -2.05. The summed E-state index contributed by atoms with van der Waals surface area (Å²) in [5.74, 6) is -1.06. The van der Waals surface area contributed by atoms with Crippen LogP contribution in [0, 0.1) is 0 Å². The lowest BCUT2D eigenvalue weighted by Crippen LogP contribution is -2.09. The predicted molar refractivity (Wildman–Crippen MR) is 63.6 cm³/mol. The molecule has 0 heterocycles. The number of hydrogen-bond acceptors (Lipinski definition) is 2. The summed E-state index contributed by atoms with van der Waals surface area (Å²) in [6.07, 6.45) is -0.145. The van der Waals surface area contributed by atoms with Crippen molar-refractivity contribution in [1.29, 1.82) is 0 Å². The van der Waals surface area contributed by atoms with Gasteiger partial charge in [0.25, 0.3) is 0 Å². The molecule has 0 atom stereocenters. The standard InChI is InChI=1S/C10H8Br2O3/c11-5-9(13)8-2-1-7(12)3-6(8)4-10(14)15/h1-3H,4-5H2,(H,14,15). The number of benzene rings is 1. The Morgan fingerprint density at radius 1 is 1.33 bits per heavy atom. The summed E-state index contributed by atoms with van der Waals surface area (Å²) in [7, 11) is 0. The van der Waals surface area contributed by atoms with Crippen LogP contribution in [0.25, 0.3) is 0 Å². The number of carbonyl (C=O) groups is 2. The molecule has 0 aromatic heterocycles. The number of carboxylic acids is 1. The zero-order chi connectivity index (χ0) is 11.4. The smallest absolute Gasteiger partial charge is 0.307 e. The van der Waals surface area contributed by atoms with Crippen molar-refractivity contribution in [2.24, 2.45) is 0 Å². The van der Waals surface area contributed by atoms with E-state index in [-0.39, 0.29) is 17.5 Å². The largest absolute Gasteiger partial charge is 0.481 e. The highest BCUT2D eigenvalue weighted by atomic mass is 79.9. The number of halogens is 2. The molecular weight excluding hydrogens is 328 g/mol. The van der Waals surface area contributed by atoms with Crippen LogP contribution in [0.3, 0.4) is 0 Å². The van der Waals surface area contributed by atoms with Gasteiger partial charge in [0, 0.05) is 10.0 Å². The van der Waals surface area contributed by atoms with E-state index in [1.807, 2.05) is 0 Å². The molecular formula is C10H8Br2O3. The molecule has 80 valence electrons. The maximum absolute atomic E-state index is 11.5. The monoisotopic (exact) mass is 334 g/mol. The Hall–Kier alpha value is -0.680. The highest BCUT2D eigenvalue weighted by Crippen LogP contribution is 2.18. The lowest BCUT2D eigenvalue weighted by molar-refractivity contribution is -0.136. The minimum Gasteiger partial charge on any atom is -0.481 e. The van der Waals surface area contributed by atoms with Crippen molar-refractivity contribution < 1.29 is 14.7 Å². The molecule has 0 saturated heterocycles. The zero-order valence-electron chi connectivity index (χ0n) is 7.67. The molecule has 0 spiro atoms. The Balaban J connectivity index is 3.13. The Bertz CT molecular complexity index is 402. The summed E-state index contributed by atoms with van der Waals surface area (Å²) in [4.78, 5) is 22.1. The van der Waals surface area contributed by atoms with E-state index in [0.29, 0.717) is 11.1 Å². The zero-order valence-corrected chi connectivity index (χ0v) is 10.8. The van der Waals surface area contributed by atoms with Gasteiger partial charge < -0.3 is 5.11 Å². The summed E-state index contributed by atoms with van der Waals surface area (Å²) in [5, 5.41) is 8.89. The molecule has 0 aliphatic carbocycles. The van der Waals surface area contributed by atoms with E-state index in [9.17, 15) is 9.59 Å². The van der Waals surface area contributed by atoms with Crippen LogP contribution >= 0.6 is 31.9 Å². The fourth-order valence-electron chi connectivity index (χ4n) is 1.22. The van der Waals surface area contributed by atoms with Crippen molar-refractivity contribution in [3.8, 4) is 0 Å². The first-order valence-corrected chi connectivity index (χ1v) is 6.05. The third-order valence-electron chi connectivity index (χ3n) is 1.83. The molecule has 0 bridgehead atoms. The Labute approximate surface area is 104 Å². The highest BCUT2D eigenvalue weighted by Gasteiger charge is 2.12. The van der Waals surface area contributed by atoms with Gasteiger partial charge in [-0.1, -0.05) is 31.9 Å². The first-order chi connectivity index (χ1) is 7.04. The molecule has 1 aromatic carbocycles. The molecule has 15 heavy (non-hydrogen) atoms. The van der Waals surface area contributed by atoms with Crippen LogP contribution in [0.4, 0.5) is 0 Å². The minimum absolute atomic E-state index is 0.112. The van der Waals surface area contributed by atoms with Gasteiger partial charge in [-0.25, -0.2) is 0 Å². The van der Waals surface area contributed by atoms with Crippen molar-refractivity contribution in [3.63, 3.8) is 0 Å². The van der Waals surface area contributed by atoms with E-state index >= 15 is 0 Å². The second-order valence-electron chi connectivity index (χ2n) is 2.93. The average molecular weight is 336 g/mol. The molecule has 1 aromatic rings. The molecule has 0 unspecified atom stereocenters. The quantitative estimate of drug-likeness (QED) is 0.679. The van der Waals surface area contributed by atoms with Gasteiger partial charge in [-0.3, -0.25) is 9.59 Å². The van der Waals surface area contributed by atoms with Crippen molar-refractivity contribution >= 4 is 43.6 Å². The molecule has 0 saturated carbocycles. The van der Waals surface area contributed by atoms with E-state index in [1.54, 1.807) is 18.2 Å². The average Bonchev–Trinajstić information content (AvgIpc) is 2.16. The maximum atomic E-state index is 11.5. The van der Waals surface area contributed by atoms with Gasteiger partial charge >= 0.3 is 5.97 Å². The Morgan fingerprint density at radius 3 is 2.53 bits per heavy atom. The third-order valence-corrected chi connectivity index (χ3v) is 2.83. The number of carboxylic acid groups (broad SMARTS) is 1. The number of ketones is 1. The van der Waals surface area contributed by atoms with Crippen LogP contribution in [0.15, 0.2) is 22.7 Å². The summed E-state index contributed by atoms with van der Waals surface area (Å²) in [6, 6.07) is 5.01. The van der Waals surface area contributed by atoms with Crippen molar-refractivity contribution in [1.82, 2.24) is 0 Å². The van der Waals surface area contributed by atoms with Crippen molar-refractivity contribution in [3.05, 3.63) is 33.8 Å². The van der Waals surface area contributed by atoms with E-state index in [4.69, 9.17) is 5.11 Å². The SMILES string of the molecule is O=C(O)Cc1cc(Br)ccc1C(=O)CBr. The first-order valence-electron chi connectivity index (χ1n) is 4.14. The number of carbonyl (C=O) groups excluding carboxylic acids is 1. The Kier molecular flexibility index (Phi) is 4.47. The van der Waals surface area contributed by atoms with Crippen molar-refractivity contribution in [2.75, 3.05) is 5.33 Å². The van der Waals surface area contributed by atoms with E-state index in [2.05, 4.69) is 31.9 Å². The molecule has 0 aliphatic heterocycles. The second-order valence-corrected chi connectivity index (χ2v) is 4.41. The van der Waals surface area contributed by atoms with Gasteiger partial charge in [-0.15, -0.1) is 0 Å². The van der Waals surface area contributed by atoms with Gasteiger partial charge in [0.05, 0.1) is 11.8 Å². The van der Waals surface area contributed by atoms with Gasteiger partial charge in [-0.05, 0) is 23.8 Å². The molecule has 1 rings (SSSR count). The molecule has 5 heteroatoms. The van der Waals surface area contributed by atoms with E-state index < -0.39 is 5.97 Å².